The number of carbonyl (C=O) groups excluding carboxylic acids is 2. The Balaban J connectivity index is 1.80. The van der Waals surface area contributed by atoms with E-state index >= 15 is 0 Å². The molecule has 1 unspecified atom stereocenters. The molecule has 0 saturated carbocycles. The number of hydrogen-bond donors (Lipinski definition) is 2. The second-order valence-corrected chi connectivity index (χ2v) is 5.67. The van der Waals surface area contributed by atoms with Gasteiger partial charge in [-0.15, -0.1) is 0 Å². The first kappa shape index (κ1) is 16.5. The van der Waals surface area contributed by atoms with Crippen molar-refractivity contribution in [2.24, 2.45) is 0 Å². The highest BCUT2D eigenvalue weighted by Gasteiger charge is 2.25. The van der Waals surface area contributed by atoms with Crippen LogP contribution in [-0.2, 0) is 16.0 Å². The zero-order valence-corrected chi connectivity index (χ0v) is 13.2. The second-order valence-electron chi connectivity index (χ2n) is 5.67. The number of hydrogen-bond acceptors (Lipinski definition) is 3. The lowest BCUT2D eigenvalue weighted by molar-refractivity contribution is -0.134. The molecule has 5 heteroatoms. The summed E-state index contributed by atoms with van der Waals surface area (Å²) < 4.78 is 0. The third-order valence-corrected chi connectivity index (χ3v) is 3.90. The van der Waals surface area contributed by atoms with E-state index in [4.69, 9.17) is 0 Å². The maximum absolute atomic E-state index is 12.4. The molecular weight excluding hydrogens is 278 g/mol. The van der Waals surface area contributed by atoms with Crippen LogP contribution in [0.4, 0.5) is 0 Å². The Labute approximate surface area is 132 Å². The number of carbonyl (C=O) groups is 2. The summed E-state index contributed by atoms with van der Waals surface area (Å²) in [6.07, 6.45) is 2.23. The molecule has 0 aromatic heterocycles. The Morgan fingerprint density at radius 2 is 2.09 bits per heavy atom. The summed E-state index contributed by atoms with van der Waals surface area (Å²) in [7, 11) is 0. The molecule has 2 amide bonds. The second kappa shape index (κ2) is 8.54. The largest absolute Gasteiger partial charge is 0.347 e. The molecule has 1 aliphatic heterocycles. The van der Waals surface area contributed by atoms with Gasteiger partial charge in [-0.3, -0.25) is 9.59 Å². The quantitative estimate of drug-likeness (QED) is 0.788. The lowest BCUT2D eigenvalue weighted by Gasteiger charge is -2.28. The highest BCUT2D eigenvalue weighted by molar-refractivity contribution is 5.85. The van der Waals surface area contributed by atoms with E-state index in [2.05, 4.69) is 17.6 Å². The number of rotatable bonds is 7. The molecule has 0 aliphatic carbocycles. The predicted octanol–water partition coefficient (Wildman–Crippen LogP) is 0.946. The van der Waals surface area contributed by atoms with Gasteiger partial charge in [-0.25, -0.2) is 0 Å². The fourth-order valence-corrected chi connectivity index (χ4v) is 2.78. The molecule has 0 radical (unpaired) electrons. The van der Waals surface area contributed by atoms with E-state index in [1.54, 1.807) is 0 Å². The van der Waals surface area contributed by atoms with Crippen LogP contribution in [0, 0.1) is 0 Å². The molecule has 2 rings (SSSR count). The van der Waals surface area contributed by atoms with E-state index in [0.717, 1.165) is 38.0 Å². The van der Waals surface area contributed by atoms with Crippen molar-refractivity contribution in [2.45, 2.75) is 32.2 Å². The third-order valence-electron chi connectivity index (χ3n) is 3.90. The van der Waals surface area contributed by atoms with Crippen LogP contribution in [0.1, 0.15) is 25.3 Å². The maximum Gasteiger partial charge on any atom is 0.242 e. The molecule has 120 valence electrons. The van der Waals surface area contributed by atoms with Gasteiger partial charge in [-0.1, -0.05) is 37.3 Å². The molecule has 1 aromatic rings. The van der Waals surface area contributed by atoms with Gasteiger partial charge >= 0.3 is 0 Å². The van der Waals surface area contributed by atoms with Gasteiger partial charge in [0.25, 0.3) is 0 Å². The van der Waals surface area contributed by atoms with Crippen molar-refractivity contribution in [1.29, 1.82) is 0 Å². The minimum absolute atomic E-state index is 0.0111. The molecule has 1 atom stereocenters. The average Bonchev–Trinajstić information content (AvgIpc) is 3.05. The number of benzene rings is 1. The number of nitrogens with one attached hydrogen (secondary N) is 2. The molecule has 1 aromatic carbocycles. The van der Waals surface area contributed by atoms with Crippen molar-refractivity contribution < 1.29 is 9.59 Å². The fraction of sp³-hybridized carbons (Fsp3) is 0.529. The van der Waals surface area contributed by atoms with Gasteiger partial charge in [0.2, 0.25) is 11.8 Å². The Kier molecular flexibility index (Phi) is 6.40. The van der Waals surface area contributed by atoms with E-state index in [1.165, 1.54) is 0 Å². The Bertz CT molecular complexity index is 484. The lowest BCUT2D eigenvalue weighted by Crippen LogP contribution is -2.47. The van der Waals surface area contributed by atoms with Gasteiger partial charge in [0.1, 0.15) is 0 Å². The molecule has 0 bridgehead atoms. The van der Waals surface area contributed by atoms with Crippen LogP contribution in [0.2, 0.25) is 0 Å². The Morgan fingerprint density at radius 1 is 1.32 bits per heavy atom. The van der Waals surface area contributed by atoms with Crippen LogP contribution < -0.4 is 10.6 Å². The van der Waals surface area contributed by atoms with E-state index in [1.807, 2.05) is 35.2 Å². The van der Waals surface area contributed by atoms with Crippen molar-refractivity contribution in [3.63, 3.8) is 0 Å². The fourth-order valence-electron chi connectivity index (χ4n) is 2.78. The summed E-state index contributed by atoms with van der Waals surface area (Å²) >= 11 is 0. The highest BCUT2D eigenvalue weighted by Crippen LogP contribution is 2.09. The molecule has 2 N–H and O–H groups in total. The van der Waals surface area contributed by atoms with Crippen molar-refractivity contribution in [1.82, 2.24) is 15.5 Å². The van der Waals surface area contributed by atoms with Crippen LogP contribution in [-0.4, -0.2) is 48.9 Å². The minimum Gasteiger partial charge on any atom is -0.347 e. The van der Waals surface area contributed by atoms with Gasteiger partial charge in [-0.05, 0) is 24.9 Å². The number of nitrogens with zero attached hydrogens (tertiary/aromatic N) is 1. The van der Waals surface area contributed by atoms with Crippen LogP contribution >= 0.6 is 0 Å². The molecule has 1 heterocycles. The molecule has 0 spiro atoms. The normalized spacial score (nSPS) is 17.2. The van der Waals surface area contributed by atoms with E-state index < -0.39 is 0 Å². The number of amides is 2. The lowest BCUT2D eigenvalue weighted by atomic mass is 10.1. The van der Waals surface area contributed by atoms with E-state index in [-0.39, 0.29) is 24.4 Å². The first-order valence-electron chi connectivity index (χ1n) is 8.01. The summed E-state index contributed by atoms with van der Waals surface area (Å²) in [5.74, 6) is -0.0995. The van der Waals surface area contributed by atoms with Crippen LogP contribution in [0.25, 0.3) is 0 Å². The van der Waals surface area contributed by atoms with Crippen molar-refractivity contribution in [2.75, 3.05) is 26.2 Å². The zero-order valence-electron chi connectivity index (χ0n) is 13.2. The molecule has 1 saturated heterocycles. The van der Waals surface area contributed by atoms with Crippen molar-refractivity contribution in [3.8, 4) is 0 Å². The van der Waals surface area contributed by atoms with Crippen molar-refractivity contribution >= 4 is 11.8 Å². The van der Waals surface area contributed by atoms with E-state index in [0.29, 0.717) is 6.42 Å². The summed E-state index contributed by atoms with van der Waals surface area (Å²) in [6.45, 7) is 4.71. The van der Waals surface area contributed by atoms with Crippen LogP contribution in [0.5, 0.6) is 0 Å². The summed E-state index contributed by atoms with van der Waals surface area (Å²) in [5.41, 5.74) is 0.956. The standard InChI is InChI=1S/C17H25N3O2/c1-2-10-20(15-8-9-18-12-15)17(22)13-19-16(21)11-14-6-4-3-5-7-14/h3-7,15,18H,2,8-13H2,1H3,(H,19,21). The molecule has 22 heavy (non-hydrogen) atoms. The van der Waals surface area contributed by atoms with Gasteiger partial charge < -0.3 is 15.5 Å². The van der Waals surface area contributed by atoms with Crippen LogP contribution in [0.15, 0.2) is 30.3 Å². The van der Waals surface area contributed by atoms with Gasteiger partial charge in [0, 0.05) is 19.1 Å². The summed E-state index contributed by atoms with van der Waals surface area (Å²) in [6, 6.07) is 9.82. The van der Waals surface area contributed by atoms with Gasteiger partial charge in [-0.2, -0.15) is 0 Å². The highest BCUT2D eigenvalue weighted by atomic mass is 16.2. The maximum atomic E-state index is 12.4. The average molecular weight is 303 g/mol. The molecular formula is C17H25N3O2. The topological polar surface area (TPSA) is 61.4 Å². The molecule has 1 aliphatic rings. The smallest absolute Gasteiger partial charge is 0.242 e. The first-order chi connectivity index (χ1) is 10.7. The van der Waals surface area contributed by atoms with Crippen LogP contribution in [0.3, 0.4) is 0 Å². The molecule has 1 fully saturated rings. The predicted molar refractivity (Wildman–Crippen MR) is 86.4 cm³/mol. The monoisotopic (exact) mass is 303 g/mol. The van der Waals surface area contributed by atoms with Crippen molar-refractivity contribution in [3.05, 3.63) is 35.9 Å². The Hall–Kier alpha value is -1.88. The Morgan fingerprint density at radius 3 is 2.73 bits per heavy atom. The third kappa shape index (κ3) is 4.84. The SMILES string of the molecule is CCCN(C(=O)CNC(=O)Cc1ccccc1)C1CCNC1. The van der Waals surface area contributed by atoms with Gasteiger partial charge in [0.15, 0.2) is 0 Å². The van der Waals surface area contributed by atoms with Gasteiger partial charge in [0.05, 0.1) is 13.0 Å². The summed E-state index contributed by atoms with van der Waals surface area (Å²) in [5, 5.41) is 6.03. The molecule has 5 nitrogen and oxygen atoms in total. The minimum atomic E-state index is -0.111. The first-order valence-corrected chi connectivity index (χ1v) is 8.01. The zero-order chi connectivity index (χ0) is 15.8. The van der Waals surface area contributed by atoms with E-state index in [9.17, 15) is 9.59 Å². The summed E-state index contributed by atoms with van der Waals surface area (Å²) in [4.78, 5) is 26.2.